The maximum absolute atomic E-state index is 12.1. The van der Waals surface area contributed by atoms with Crippen LogP contribution < -0.4 is 21.3 Å². The molecular weight excluding hydrogens is 394 g/mol. The number of nitrogens with zero attached hydrogens (tertiary/aromatic N) is 1. The number of ether oxygens (including phenoxy) is 1. The van der Waals surface area contributed by atoms with E-state index in [4.69, 9.17) is 4.74 Å². The number of carbonyl (C=O) groups excluding carboxylic acids is 2. The molecule has 0 radical (unpaired) electrons. The third-order valence-corrected chi connectivity index (χ3v) is 4.25. The third kappa shape index (κ3) is 11.3. The Morgan fingerprint density at radius 1 is 1.00 bits per heavy atom. The predicted octanol–water partition coefficient (Wildman–Crippen LogP) is 3.18. The van der Waals surface area contributed by atoms with Gasteiger partial charge in [-0.05, 0) is 58.7 Å². The number of nitrogens with one attached hydrogen (secondary N) is 4. The first-order valence-corrected chi connectivity index (χ1v) is 10.8. The minimum atomic E-state index is -0.545. The molecule has 0 saturated carbocycles. The topological polar surface area (TPSA) is 104 Å². The molecule has 0 unspecified atom stereocenters. The van der Waals surface area contributed by atoms with Crippen LogP contribution in [0.4, 0.5) is 4.79 Å². The van der Waals surface area contributed by atoms with Crippen LogP contribution in [0.3, 0.4) is 0 Å². The molecule has 0 saturated heterocycles. The Labute approximate surface area is 186 Å². The van der Waals surface area contributed by atoms with Crippen molar-refractivity contribution in [2.24, 2.45) is 4.99 Å². The second-order valence-corrected chi connectivity index (χ2v) is 9.10. The van der Waals surface area contributed by atoms with Crippen molar-refractivity contribution >= 4 is 18.0 Å². The Bertz CT molecular complexity index is 737. The van der Waals surface area contributed by atoms with Gasteiger partial charge in [0.25, 0.3) is 5.91 Å². The molecule has 0 aliphatic rings. The van der Waals surface area contributed by atoms with E-state index in [0.717, 1.165) is 18.4 Å². The molecule has 8 heteroatoms. The number of hydrogen-bond donors (Lipinski definition) is 4. The van der Waals surface area contributed by atoms with E-state index in [9.17, 15) is 9.59 Å². The highest BCUT2D eigenvalue weighted by atomic mass is 16.6. The SMILES string of the molecule is CCCCNC(=O)c1ccc(CNC(=NC)NCC(C)(C)NC(=O)OC(C)(C)C)cc1. The van der Waals surface area contributed by atoms with Crippen molar-refractivity contribution in [2.45, 2.75) is 72.1 Å². The van der Waals surface area contributed by atoms with Gasteiger partial charge in [-0.15, -0.1) is 0 Å². The van der Waals surface area contributed by atoms with Crippen LogP contribution in [-0.4, -0.2) is 49.2 Å². The number of alkyl carbamates (subject to hydrolysis) is 1. The first kappa shape index (κ1) is 26.3. The van der Waals surface area contributed by atoms with Crippen LogP contribution in [0.15, 0.2) is 29.3 Å². The Balaban J connectivity index is 2.49. The lowest BCUT2D eigenvalue weighted by Gasteiger charge is -2.29. The molecule has 0 atom stereocenters. The van der Waals surface area contributed by atoms with E-state index in [1.807, 2.05) is 58.9 Å². The summed E-state index contributed by atoms with van der Waals surface area (Å²) in [6.45, 7) is 13.1. The van der Waals surface area contributed by atoms with E-state index >= 15 is 0 Å². The Kier molecular flexibility index (Phi) is 10.3. The summed E-state index contributed by atoms with van der Waals surface area (Å²) in [6.07, 6.45) is 1.57. The van der Waals surface area contributed by atoms with E-state index in [1.54, 1.807) is 7.05 Å². The standard InChI is InChI=1S/C23H39N5O3/c1-8-9-14-25-19(29)18-12-10-17(11-13-18)15-26-20(24-7)27-16-23(5,6)28-21(30)31-22(2,3)4/h10-13H,8-9,14-16H2,1-7H3,(H,25,29)(H,28,30)(H2,24,26,27). The number of rotatable bonds is 9. The van der Waals surface area contributed by atoms with Crippen molar-refractivity contribution < 1.29 is 14.3 Å². The van der Waals surface area contributed by atoms with Crippen molar-refractivity contribution in [1.29, 1.82) is 0 Å². The molecule has 0 fully saturated rings. The number of benzene rings is 1. The van der Waals surface area contributed by atoms with Crippen LogP contribution in [-0.2, 0) is 11.3 Å². The summed E-state index contributed by atoms with van der Waals surface area (Å²) in [7, 11) is 1.69. The summed E-state index contributed by atoms with van der Waals surface area (Å²) in [5.74, 6) is 0.561. The summed E-state index contributed by atoms with van der Waals surface area (Å²) >= 11 is 0. The normalized spacial score (nSPS) is 12.2. The fourth-order valence-corrected chi connectivity index (χ4v) is 2.59. The minimum Gasteiger partial charge on any atom is -0.444 e. The highest BCUT2D eigenvalue weighted by molar-refractivity contribution is 5.94. The van der Waals surface area contributed by atoms with Crippen LogP contribution in [0, 0.1) is 0 Å². The zero-order valence-corrected chi connectivity index (χ0v) is 20.0. The van der Waals surface area contributed by atoms with Crippen molar-refractivity contribution in [3.8, 4) is 0 Å². The lowest BCUT2D eigenvalue weighted by Crippen LogP contribution is -2.54. The molecule has 0 aliphatic heterocycles. The van der Waals surface area contributed by atoms with Gasteiger partial charge in [-0.1, -0.05) is 25.5 Å². The number of unbranched alkanes of at least 4 members (excludes halogenated alkanes) is 1. The molecule has 0 aromatic heterocycles. The molecule has 31 heavy (non-hydrogen) atoms. The maximum Gasteiger partial charge on any atom is 0.408 e. The lowest BCUT2D eigenvalue weighted by molar-refractivity contribution is 0.0473. The summed E-state index contributed by atoms with van der Waals surface area (Å²) in [6, 6.07) is 7.48. The summed E-state index contributed by atoms with van der Waals surface area (Å²) in [4.78, 5) is 28.3. The molecule has 174 valence electrons. The van der Waals surface area contributed by atoms with Crippen molar-refractivity contribution in [2.75, 3.05) is 20.1 Å². The van der Waals surface area contributed by atoms with Gasteiger partial charge in [0.2, 0.25) is 0 Å². The molecule has 0 heterocycles. The van der Waals surface area contributed by atoms with Crippen LogP contribution >= 0.6 is 0 Å². The summed E-state index contributed by atoms with van der Waals surface area (Å²) in [5.41, 5.74) is 0.598. The van der Waals surface area contributed by atoms with Crippen molar-refractivity contribution in [3.05, 3.63) is 35.4 Å². The lowest BCUT2D eigenvalue weighted by atomic mass is 10.1. The quantitative estimate of drug-likeness (QED) is 0.272. The highest BCUT2D eigenvalue weighted by Crippen LogP contribution is 2.09. The number of guanidine groups is 1. The molecule has 8 nitrogen and oxygen atoms in total. The van der Waals surface area contributed by atoms with E-state index in [0.29, 0.717) is 31.2 Å². The second kappa shape index (κ2) is 12.2. The zero-order valence-electron chi connectivity index (χ0n) is 20.0. The van der Waals surface area contributed by atoms with Crippen LogP contribution in [0.25, 0.3) is 0 Å². The average Bonchev–Trinajstić information content (AvgIpc) is 2.66. The minimum absolute atomic E-state index is 0.0508. The van der Waals surface area contributed by atoms with Crippen LogP contribution in [0.5, 0.6) is 0 Å². The first-order chi connectivity index (χ1) is 14.5. The fourth-order valence-electron chi connectivity index (χ4n) is 2.59. The first-order valence-electron chi connectivity index (χ1n) is 10.8. The van der Waals surface area contributed by atoms with Gasteiger partial charge in [0, 0.05) is 32.2 Å². The summed E-state index contributed by atoms with van der Waals surface area (Å²) < 4.78 is 5.31. The number of hydrogen-bond acceptors (Lipinski definition) is 4. The van der Waals surface area contributed by atoms with Crippen LogP contribution in [0.2, 0.25) is 0 Å². The van der Waals surface area contributed by atoms with E-state index in [1.165, 1.54) is 0 Å². The predicted molar refractivity (Wildman–Crippen MR) is 125 cm³/mol. The van der Waals surface area contributed by atoms with Gasteiger partial charge in [-0.2, -0.15) is 0 Å². The van der Waals surface area contributed by atoms with Gasteiger partial charge >= 0.3 is 6.09 Å². The Hall–Kier alpha value is -2.77. The van der Waals surface area contributed by atoms with Crippen molar-refractivity contribution in [1.82, 2.24) is 21.3 Å². The average molecular weight is 434 g/mol. The maximum atomic E-state index is 12.1. The van der Waals surface area contributed by atoms with E-state index in [2.05, 4.69) is 33.2 Å². The second-order valence-electron chi connectivity index (χ2n) is 9.10. The summed E-state index contributed by atoms with van der Waals surface area (Å²) in [5, 5.41) is 12.2. The Morgan fingerprint density at radius 2 is 1.65 bits per heavy atom. The third-order valence-electron chi connectivity index (χ3n) is 4.25. The van der Waals surface area contributed by atoms with Crippen molar-refractivity contribution in [3.63, 3.8) is 0 Å². The highest BCUT2D eigenvalue weighted by Gasteiger charge is 2.24. The van der Waals surface area contributed by atoms with E-state index in [-0.39, 0.29) is 5.91 Å². The van der Waals surface area contributed by atoms with Gasteiger partial charge in [0.1, 0.15) is 5.60 Å². The largest absolute Gasteiger partial charge is 0.444 e. The molecule has 1 rings (SSSR count). The smallest absolute Gasteiger partial charge is 0.408 e. The number of amides is 2. The molecule has 2 amide bonds. The monoisotopic (exact) mass is 433 g/mol. The molecular formula is C23H39N5O3. The van der Waals surface area contributed by atoms with Gasteiger partial charge in [0.05, 0.1) is 5.54 Å². The van der Waals surface area contributed by atoms with Gasteiger partial charge < -0.3 is 26.0 Å². The molecule has 0 bridgehead atoms. The van der Waals surface area contributed by atoms with E-state index < -0.39 is 17.2 Å². The molecule has 0 spiro atoms. The molecule has 1 aromatic carbocycles. The molecule has 0 aliphatic carbocycles. The van der Waals surface area contributed by atoms with Gasteiger partial charge in [-0.3, -0.25) is 9.79 Å². The Morgan fingerprint density at radius 3 is 2.19 bits per heavy atom. The zero-order chi connectivity index (χ0) is 23.5. The van der Waals surface area contributed by atoms with Gasteiger partial charge in [0.15, 0.2) is 5.96 Å². The molecule has 1 aromatic rings. The fraction of sp³-hybridized carbons (Fsp3) is 0.609. The number of carbonyl (C=O) groups is 2. The number of aliphatic imine (C=N–C) groups is 1. The van der Waals surface area contributed by atoms with Gasteiger partial charge in [-0.25, -0.2) is 4.79 Å². The molecule has 4 N–H and O–H groups in total. The van der Waals surface area contributed by atoms with Crippen LogP contribution in [0.1, 0.15) is 70.3 Å².